The summed E-state index contributed by atoms with van der Waals surface area (Å²) in [6.45, 7) is 1.60. The third-order valence-electron chi connectivity index (χ3n) is 2.31. The highest BCUT2D eigenvalue weighted by Crippen LogP contribution is 2.27. The molecule has 2 atom stereocenters. The minimum Gasteiger partial charge on any atom is -0.398 e. The minimum atomic E-state index is -1.55. The van der Waals surface area contributed by atoms with Gasteiger partial charge in [-0.2, -0.15) is 0 Å². The van der Waals surface area contributed by atoms with Crippen molar-refractivity contribution >= 4 is 34.0 Å². The fraction of sp³-hybridized carbons (Fsp3) is 0.364. The van der Waals surface area contributed by atoms with Crippen LogP contribution in [0.3, 0.4) is 0 Å². The number of halogens is 1. The first-order valence-electron chi connectivity index (χ1n) is 5.02. The number of nitrogens with zero attached hydrogens (tertiary/aromatic N) is 1. The number of anilines is 1. The standard InChI is InChI=1S/C11H15ClN2O2S/c1-7(11(15)14(2)3)17(16)10-8(12)5-4-6-9(10)13/h4-7H,13H2,1-3H3. The highest BCUT2D eigenvalue weighted by Gasteiger charge is 2.25. The first kappa shape index (κ1) is 14.0. The first-order chi connectivity index (χ1) is 7.86. The van der Waals surface area contributed by atoms with Crippen LogP contribution in [0.2, 0.25) is 5.02 Å². The van der Waals surface area contributed by atoms with E-state index in [1.54, 1.807) is 39.2 Å². The number of amides is 1. The van der Waals surface area contributed by atoms with Crippen LogP contribution in [-0.4, -0.2) is 34.4 Å². The maximum atomic E-state index is 12.2. The Labute approximate surface area is 108 Å². The van der Waals surface area contributed by atoms with Gasteiger partial charge in [0, 0.05) is 19.8 Å². The predicted octanol–water partition coefficient (Wildman–Crippen LogP) is 1.51. The van der Waals surface area contributed by atoms with Crippen molar-refractivity contribution in [2.45, 2.75) is 17.1 Å². The summed E-state index contributed by atoms with van der Waals surface area (Å²) in [7, 11) is 1.68. The van der Waals surface area contributed by atoms with Gasteiger partial charge in [-0.25, -0.2) is 0 Å². The smallest absolute Gasteiger partial charge is 0.237 e. The molecule has 0 aliphatic heterocycles. The molecule has 0 aromatic heterocycles. The van der Waals surface area contributed by atoms with Gasteiger partial charge in [0.15, 0.2) is 0 Å². The number of benzene rings is 1. The zero-order valence-electron chi connectivity index (χ0n) is 9.94. The summed E-state index contributed by atoms with van der Waals surface area (Å²) < 4.78 is 12.2. The molecule has 0 heterocycles. The number of rotatable bonds is 3. The number of nitrogens with two attached hydrogens (primary N) is 1. The first-order valence-corrected chi connectivity index (χ1v) is 6.61. The maximum Gasteiger partial charge on any atom is 0.237 e. The molecule has 0 fully saturated rings. The van der Waals surface area contributed by atoms with Gasteiger partial charge in [0.2, 0.25) is 5.91 Å². The van der Waals surface area contributed by atoms with Crippen molar-refractivity contribution < 1.29 is 9.00 Å². The molecule has 0 saturated carbocycles. The van der Waals surface area contributed by atoms with E-state index in [2.05, 4.69) is 0 Å². The van der Waals surface area contributed by atoms with E-state index in [0.717, 1.165) is 0 Å². The molecule has 0 saturated heterocycles. The molecule has 0 bridgehead atoms. The summed E-state index contributed by atoms with van der Waals surface area (Å²) in [6, 6.07) is 4.90. The van der Waals surface area contributed by atoms with Gasteiger partial charge >= 0.3 is 0 Å². The molecule has 0 aliphatic carbocycles. The molecule has 1 aromatic rings. The van der Waals surface area contributed by atoms with Crippen LogP contribution < -0.4 is 5.73 Å². The van der Waals surface area contributed by atoms with Gasteiger partial charge in [-0.3, -0.25) is 9.00 Å². The summed E-state index contributed by atoms with van der Waals surface area (Å²) >= 11 is 5.95. The lowest BCUT2D eigenvalue weighted by Gasteiger charge is -2.17. The van der Waals surface area contributed by atoms with E-state index in [9.17, 15) is 9.00 Å². The Kier molecular flexibility index (Phi) is 4.54. The van der Waals surface area contributed by atoms with Gasteiger partial charge in [0.1, 0.15) is 5.25 Å². The lowest BCUT2D eigenvalue weighted by Crippen LogP contribution is -2.34. The SMILES string of the molecule is CC(C(=O)N(C)C)S(=O)c1c(N)cccc1Cl. The number of carbonyl (C=O) groups is 1. The number of carbonyl (C=O) groups excluding carboxylic acids is 1. The third kappa shape index (κ3) is 2.98. The Balaban J connectivity index is 3.09. The molecule has 0 radical (unpaired) electrons. The second-order valence-electron chi connectivity index (χ2n) is 3.83. The van der Waals surface area contributed by atoms with Crippen LogP contribution in [0.4, 0.5) is 5.69 Å². The summed E-state index contributed by atoms with van der Waals surface area (Å²) in [5.74, 6) is -0.220. The van der Waals surface area contributed by atoms with Crippen LogP contribution in [0.15, 0.2) is 23.1 Å². The van der Waals surface area contributed by atoms with Crippen LogP contribution in [0.25, 0.3) is 0 Å². The topological polar surface area (TPSA) is 63.4 Å². The largest absolute Gasteiger partial charge is 0.398 e. The van der Waals surface area contributed by atoms with Crippen molar-refractivity contribution in [3.8, 4) is 0 Å². The average molecular weight is 275 g/mol. The molecular formula is C11H15ClN2O2S. The van der Waals surface area contributed by atoms with Crippen molar-refractivity contribution in [2.75, 3.05) is 19.8 Å². The quantitative estimate of drug-likeness (QED) is 0.850. The molecule has 1 aromatic carbocycles. The molecule has 17 heavy (non-hydrogen) atoms. The normalized spacial score (nSPS) is 14.1. The molecule has 0 aliphatic rings. The molecule has 4 nitrogen and oxygen atoms in total. The van der Waals surface area contributed by atoms with Crippen LogP contribution in [0.5, 0.6) is 0 Å². The fourth-order valence-electron chi connectivity index (χ4n) is 1.37. The predicted molar refractivity (Wildman–Crippen MR) is 70.4 cm³/mol. The zero-order valence-corrected chi connectivity index (χ0v) is 11.5. The van der Waals surface area contributed by atoms with Crippen molar-refractivity contribution in [2.24, 2.45) is 0 Å². The molecule has 1 amide bonds. The molecule has 94 valence electrons. The summed E-state index contributed by atoms with van der Waals surface area (Å²) in [6.07, 6.45) is 0. The van der Waals surface area contributed by atoms with E-state index in [1.807, 2.05) is 0 Å². The van der Waals surface area contributed by atoms with Crippen molar-refractivity contribution in [1.29, 1.82) is 0 Å². The van der Waals surface area contributed by atoms with Gasteiger partial charge in [-0.15, -0.1) is 0 Å². The van der Waals surface area contributed by atoms with Gasteiger partial charge in [-0.1, -0.05) is 17.7 Å². The van der Waals surface area contributed by atoms with Gasteiger partial charge in [-0.05, 0) is 19.1 Å². The Bertz CT molecular complexity index is 443. The lowest BCUT2D eigenvalue weighted by atomic mass is 10.3. The van der Waals surface area contributed by atoms with Crippen LogP contribution in [-0.2, 0) is 15.6 Å². The Morgan fingerprint density at radius 2 is 2.06 bits per heavy atom. The Morgan fingerprint density at radius 1 is 1.47 bits per heavy atom. The third-order valence-corrected chi connectivity index (χ3v) is 4.44. The molecule has 2 N–H and O–H groups in total. The van der Waals surface area contributed by atoms with E-state index >= 15 is 0 Å². The number of hydrogen-bond acceptors (Lipinski definition) is 3. The van der Waals surface area contributed by atoms with E-state index in [0.29, 0.717) is 15.6 Å². The maximum absolute atomic E-state index is 12.2. The average Bonchev–Trinajstić information content (AvgIpc) is 2.26. The lowest BCUT2D eigenvalue weighted by molar-refractivity contribution is -0.127. The van der Waals surface area contributed by atoms with Crippen LogP contribution >= 0.6 is 11.6 Å². The highest BCUT2D eigenvalue weighted by molar-refractivity contribution is 7.86. The van der Waals surface area contributed by atoms with Crippen LogP contribution in [0, 0.1) is 0 Å². The Morgan fingerprint density at radius 3 is 2.53 bits per heavy atom. The van der Waals surface area contributed by atoms with Gasteiger partial charge < -0.3 is 10.6 Å². The van der Waals surface area contributed by atoms with E-state index in [1.165, 1.54) is 4.90 Å². The highest BCUT2D eigenvalue weighted by atomic mass is 35.5. The second-order valence-corrected chi connectivity index (χ2v) is 5.95. The van der Waals surface area contributed by atoms with E-state index in [-0.39, 0.29) is 5.91 Å². The fourth-order valence-corrected chi connectivity index (χ4v) is 3.09. The Hall–Kier alpha value is -1.07. The summed E-state index contributed by atoms with van der Waals surface area (Å²) in [5, 5.41) is -0.353. The molecule has 1 rings (SSSR count). The molecule has 2 unspecified atom stereocenters. The second kappa shape index (κ2) is 5.51. The summed E-state index contributed by atoms with van der Waals surface area (Å²) in [4.78, 5) is 13.5. The van der Waals surface area contributed by atoms with Crippen molar-refractivity contribution in [3.05, 3.63) is 23.2 Å². The van der Waals surface area contributed by atoms with Crippen molar-refractivity contribution in [3.63, 3.8) is 0 Å². The number of nitrogen functional groups attached to an aromatic ring is 1. The zero-order chi connectivity index (χ0) is 13.2. The minimum absolute atomic E-state index is 0.220. The molecule has 0 spiro atoms. The van der Waals surface area contributed by atoms with Gasteiger partial charge in [0.25, 0.3) is 0 Å². The van der Waals surface area contributed by atoms with E-state index in [4.69, 9.17) is 17.3 Å². The van der Waals surface area contributed by atoms with Crippen molar-refractivity contribution in [1.82, 2.24) is 4.90 Å². The molecular weight excluding hydrogens is 260 g/mol. The van der Waals surface area contributed by atoms with E-state index < -0.39 is 16.0 Å². The number of hydrogen-bond donors (Lipinski definition) is 1. The van der Waals surface area contributed by atoms with Gasteiger partial charge in [0.05, 0.1) is 20.7 Å². The summed E-state index contributed by atoms with van der Waals surface area (Å²) in [5.41, 5.74) is 6.08. The monoisotopic (exact) mass is 274 g/mol. The van der Waals surface area contributed by atoms with Crippen LogP contribution in [0.1, 0.15) is 6.92 Å². The molecule has 6 heteroatoms.